The molecule has 0 amide bonds. The maximum absolute atomic E-state index is 12.0. The molecule has 0 atom stereocenters. The Labute approximate surface area is 129 Å². The van der Waals surface area contributed by atoms with Gasteiger partial charge in [0.1, 0.15) is 9.90 Å². The van der Waals surface area contributed by atoms with Gasteiger partial charge in [-0.3, -0.25) is 0 Å². The summed E-state index contributed by atoms with van der Waals surface area (Å²) in [6.07, 6.45) is 1.76. The lowest BCUT2D eigenvalue weighted by Crippen LogP contribution is -2.10. The van der Waals surface area contributed by atoms with Gasteiger partial charge in [-0.25, -0.2) is 8.42 Å². The highest BCUT2D eigenvalue weighted by Crippen LogP contribution is 2.32. The zero-order valence-electron chi connectivity index (χ0n) is 12.4. The highest BCUT2D eigenvalue weighted by molar-refractivity contribution is 7.91. The van der Waals surface area contributed by atoms with Crippen molar-refractivity contribution in [3.05, 3.63) is 0 Å². The first-order valence-corrected chi connectivity index (χ1v) is 9.24. The van der Waals surface area contributed by atoms with Gasteiger partial charge in [-0.1, -0.05) is 6.92 Å². The van der Waals surface area contributed by atoms with Crippen molar-refractivity contribution in [3.63, 3.8) is 0 Å². The number of sulfone groups is 1. The van der Waals surface area contributed by atoms with Gasteiger partial charge >= 0.3 is 0 Å². The fourth-order valence-electron chi connectivity index (χ4n) is 1.63. The quantitative estimate of drug-likeness (QED) is 0.588. The Kier molecular flexibility index (Phi) is 7.94. The molecule has 3 N–H and O–H groups in total. The molecule has 0 fully saturated rings. The predicted octanol–water partition coefficient (Wildman–Crippen LogP) is 1.37. The van der Waals surface area contributed by atoms with E-state index in [0.29, 0.717) is 31.4 Å². The molecule has 1 aromatic heterocycles. The summed E-state index contributed by atoms with van der Waals surface area (Å²) in [7, 11) is -1.72. The van der Waals surface area contributed by atoms with Crippen LogP contribution in [0.1, 0.15) is 19.8 Å². The first-order valence-electron chi connectivity index (χ1n) is 6.81. The van der Waals surface area contributed by atoms with E-state index in [1.54, 1.807) is 14.0 Å². The van der Waals surface area contributed by atoms with Crippen molar-refractivity contribution in [2.24, 2.45) is 0 Å². The Bertz CT molecular complexity index is 517. The number of nitrogens with one attached hydrogen (secondary N) is 1. The lowest BCUT2D eigenvalue weighted by molar-refractivity contribution is 0.0691. The highest BCUT2D eigenvalue weighted by atomic mass is 32.2. The molecule has 0 unspecified atom stereocenters. The summed E-state index contributed by atoms with van der Waals surface area (Å²) in [5.74, 6) is 0.0877. The predicted molar refractivity (Wildman–Crippen MR) is 84.7 cm³/mol. The number of anilines is 2. The number of nitrogens with two attached hydrogens (primary N) is 1. The van der Waals surface area contributed by atoms with Gasteiger partial charge in [0.05, 0.1) is 19.0 Å². The minimum absolute atomic E-state index is 0.0115. The average Bonchev–Trinajstić information content (AvgIpc) is 2.83. The molecule has 7 nitrogen and oxygen atoms in total. The van der Waals surface area contributed by atoms with Gasteiger partial charge in [-0.05, 0) is 24.4 Å². The largest absolute Gasteiger partial charge is 0.382 e. The Morgan fingerprint density at radius 1 is 1.29 bits per heavy atom. The number of rotatable bonds is 11. The van der Waals surface area contributed by atoms with Crippen LogP contribution in [0, 0.1) is 0 Å². The van der Waals surface area contributed by atoms with Gasteiger partial charge in [-0.15, -0.1) is 0 Å². The van der Waals surface area contributed by atoms with E-state index in [1.807, 2.05) is 0 Å². The number of unbranched alkanes of at least 4 members (excludes halogenated alkanes) is 1. The zero-order chi connectivity index (χ0) is 15.7. The van der Waals surface area contributed by atoms with Gasteiger partial charge in [0.15, 0.2) is 15.7 Å². The highest BCUT2D eigenvalue weighted by Gasteiger charge is 2.23. The molecule has 0 radical (unpaired) electrons. The van der Waals surface area contributed by atoms with E-state index in [0.717, 1.165) is 24.4 Å². The number of aromatic nitrogens is 1. The van der Waals surface area contributed by atoms with Crippen LogP contribution in [0.2, 0.25) is 0 Å². The molecular weight excluding hydrogens is 314 g/mol. The van der Waals surface area contributed by atoms with Crippen molar-refractivity contribution in [2.75, 3.05) is 50.3 Å². The molecule has 0 saturated heterocycles. The SMILES string of the molecule is CCS(=O)(=O)c1c(N)nsc1NCCCCOCCOC. The topological polar surface area (TPSA) is 104 Å². The molecule has 21 heavy (non-hydrogen) atoms. The van der Waals surface area contributed by atoms with Crippen molar-refractivity contribution in [1.82, 2.24) is 4.37 Å². The third-order valence-electron chi connectivity index (χ3n) is 2.80. The van der Waals surface area contributed by atoms with E-state index in [9.17, 15) is 8.42 Å². The second-order valence-corrected chi connectivity index (χ2v) is 7.36. The smallest absolute Gasteiger partial charge is 0.184 e. The van der Waals surface area contributed by atoms with Crippen molar-refractivity contribution in [3.8, 4) is 0 Å². The number of ether oxygens (including phenoxy) is 2. The van der Waals surface area contributed by atoms with Crippen molar-refractivity contribution >= 4 is 32.2 Å². The normalized spacial score (nSPS) is 11.7. The van der Waals surface area contributed by atoms with Crippen LogP contribution >= 0.6 is 11.5 Å². The summed E-state index contributed by atoms with van der Waals surface area (Å²) in [6, 6.07) is 0. The molecule has 1 aromatic rings. The van der Waals surface area contributed by atoms with E-state index in [1.165, 1.54) is 0 Å². The van der Waals surface area contributed by atoms with Gasteiger partial charge in [-0.2, -0.15) is 4.37 Å². The second-order valence-electron chi connectivity index (χ2n) is 4.37. The summed E-state index contributed by atoms with van der Waals surface area (Å²) in [5.41, 5.74) is 5.65. The van der Waals surface area contributed by atoms with Crippen LogP contribution in [0.25, 0.3) is 0 Å². The van der Waals surface area contributed by atoms with E-state index < -0.39 is 9.84 Å². The van der Waals surface area contributed by atoms with Crippen LogP contribution in [0.5, 0.6) is 0 Å². The monoisotopic (exact) mass is 337 g/mol. The molecule has 0 aliphatic carbocycles. The molecular formula is C12H23N3O4S2. The lowest BCUT2D eigenvalue weighted by atomic mass is 10.3. The molecule has 1 heterocycles. The van der Waals surface area contributed by atoms with Crippen LogP contribution in [0.4, 0.5) is 10.8 Å². The second kappa shape index (κ2) is 9.19. The number of methoxy groups -OCH3 is 1. The number of hydrogen-bond acceptors (Lipinski definition) is 8. The van der Waals surface area contributed by atoms with Crippen molar-refractivity contribution < 1.29 is 17.9 Å². The number of nitrogens with zero attached hydrogens (tertiary/aromatic N) is 1. The van der Waals surface area contributed by atoms with E-state index in [2.05, 4.69) is 9.69 Å². The van der Waals surface area contributed by atoms with Crippen LogP contribution in [-0.2, 0) is 19.3 Å². The summed E-state index contributed by atoms with van der Waals surface area (Å²) >= 11 is 1.08. The fraction of sp³-hybridized carbons (Fsp3) is 0.750. The third-order valence-corrected chi connectivity index (χ3v) is 5.54. The van der Waals surface area contributed by atoms with Crippen LogP contribution in [-0.4, -0.2) is 52.0 Å². The van der Waals surface area contributed by atoms with Gasteiger partial charge in [0.2, 0.25) is 0 Å². The minimum atomic E-state index is -3.35. The van der Waals surface area contributed by atoms with Gasteiger partial charge in [0.25, 0.3) is 0 Å². The Balaban J connectivity index is 2.37. The molecule has 9 heteroatoms. The van der Waals surface area contributed by atoms with Gasteiger partial charge < -0.3 is 20.5 Å². The summed E-state index contributed by atoms with van der Waals surface area (Å²) in [5, 5.41) is 3.62. The number of nitrogen functional groups attached to an aromatic ring is 1. The molecule has 0 bridgehead atoms. The fourth-order valence-corrected chi connectivity index (χ4v) is 3.82. The van der Waals surface area contributed by atoms with Crippen LogP contribution in [0.3, 0.4) is 0 Å². The molecule has 0 saturated carbocycles. The van der Waals surface area contributed by atoms with Crippen molar-refractivity contribution in [1.29, 1.82) is 0 Å². The molecule has 1 rings (SSSR count). The Morgan fingerprint density at radius 3 is 2.71 bits per heavy atom. The Morgan fingerprint density at radius 2 is 2.05 bits per heavy atom. The van der Waals surface area contributed by atoms with Crippen LogP contribution < -0.4 is 11.1 Å². The summed E-state index contributed by atoms with van der Waals surface area (Å²) in [4.78, 5) is 0.131. The average molecular weight is 337 g/mol. The number of hydrogen-bond donors (Lipinski definition) is 2. The molecule has 0 aliphatic heterocycles. The first kappa shape index (κ1) is 18.1. The third kappa shape index (κ3) is 5.77. The minimum Gasteiger partial charge on any atom is -0.382 e. The Hall–Kier alpha value is -0.900. The zero-order valence-corrected chi connectivity index (χ0v) is 14.1. The van der Waals surface area contributed by atoms with E-state index in [4.69, 9.17) is 15.2 Å². The maximum Gasteiger partial charge on any atom is 0.184 e. The molecule has 0 spiro atoms. The summed E-state index contributed by atoms with van der Waals surface area (Å²) in [6.45, 7) is 4.09. The molecule has 0 aliphatic rings. The van der Waals surface area contributed by atoms with Gasteiger partial charge in [0, 0.05) is 20.3 Å². The molecule has 0 aromatic carbocycles. The van der Waals surface area contributed by atoms with Crippen molar-refractivity contribution in [2.45, 2.75) is 24.7 Å². The van der Waals surface area contributed by atoms with Crippen LogP contribution in [0.15, 0.2) is 4.90 Å². The maximum atomic E-state index is 12.0. The summed E-state index contributed by atoms with van der Waals surface area (Å²) < 4.78 is 38.0. The lowest BCUT2D eigenvalue weighted by Gasteiger charge is -2.07. The van der Waals surface area contributed by atoms with E-state index in [-0.39, 0.29) is 16.5 Å². The first-order chi connectivity index (χ1) is 10.0. The van der Waals surface area contributed by atoms with E-state index >= 15 is 0 Å². The standard InChI is InChI=1S/C12H23N3O4S2/c1-3-21(16,17)10-11(13)15-20-12(10)14-6-4-5-7-19-9-8-18-2/h14H,3-9H2,1-2H3,(H2,13,15). The molecule has 122 valence electrons.